The first-order chi connectivity index (χ1) is 10.2. The minimum absolute atomic E-state index is 0.0954. The van der Waals surface area contributed by atoms with E-state index in [1.807, 2.05) is 12.1 Å². The summed E-state index contributed by atoms with van der Waals surface area (Å²) in [6.07, 6.45) is 5.33. The summed E-state index contributed by atoms with van der Waals surface area (Å²) >= 11 is 0. The van der Waals surface area contributed by atoms with Crippen molar-refractivity contribution in [1.82, 2.24) is 15.2 Å². The fraction of sp³-hybridized carbons (Fsp3) is 0.625. The number of carbonyl (C=O) groups excluding carboxylic acids is 1. The van der Waals surface area contributed by atoms with Gasteiger partial charge >= 0.3 is 0 Å². The van der Waals surface area contributed by atoms with E-state index in [0.717, 1.165) is 37.8 Å². The summed E-state index contributed by atoms with van der Waals surface area (Å²) in [4.78, 5) is 18.7. The van der Waals surface area contributed by atoms with E-state index in [4.69, 9.17) is 0 Å². The molecule has 0 atom stereocenters. The van der Waals surface area contributed by atoms with E-state index in [0.29, 0.717) is 12.2 Å². The standard InChI is InChI=1S/C16H26N4O/c1-3-8-17-13-7-9-18-15(12-13)16(21)19-10-11-20(4-2)14-5-6-14/h7,9,12,14H,3-6,8,10-11H2,1-2H3,(H,17,18)(H,19,21). The molecule has 0 bridgehead atoms. The first-order valence-electron chi connectivity index (χ1n) is 7.96. The molecule has 116 valence electrons. The van der Waals surface area contributed by atoms with Gasteiger partial charge in [-0.3, -0.25) is 14.7 Å². The van der Waals surface area contributed by atoms with Crippen molar-refractivity contribution in [3.8, 4) is 0 Å². The maximum Gasteiger partial charge on any atom is 0.269 e. The normalized spacial score (nSPS) is 14.2. The van der Waals surface area contributed by atoms with Gasteiger partial charge in [-0.2, -0.15) is 0 Å². The lowest BCUT2D eigenvalue weighted by Gasteiger charge is -2.19. The molecule has 1 aliphatic carbocycles. The molecule has 1 saturated carbocycles. The summed E-state index contributed by atoms with van der Waals surface area (Å²) < 4.78 is 0. The van der Waals surface area contributed by atoms with Crippen molar-refractivity contribution in [1.29, 1.82) is 0 Å². The molecule has 0 radical (unpaired) electrons. The fourth-order valence-electron chi connectivity index (χ4n) is 2.38. The highest BCUT2D eigenvalue weighted by atomic mass is 16.1. The van der Waals surface area contributed by atoms with E-state index < -0.39 is 0 Å². The molecular formula is C16H26N4O. The Morgan fingerprint density at radius 2 is 2.19 bits per heavy atom. The van der Waals surface area contributed by atoms with Gasteiger partial charge in [0.15, 0.2) is 0 Å². The second-order valence-corrected chi connectivity index (χ2v) is 5.47. The Morgan fingerprint density at radius 3 is 2.86 bits per heavy atom. The second-order valence-electron chi connectivity index (χ2n) is 5.47. The minimum atomic E-state index is -0.0954. The Balaban J connectivity index is 1.79. The summed E-state index contributed by atoms with van der Waals surface area (Å²) in [5.74, 6) is -0.0954. The number of hydrogen-bond donors (Lipinski definition) is 2. The van der Waals surface area contributed by atoms with E-state index >= 15 is 0 Å². The molecule has 0 unspecified atom stereocenters. The van der Waals surface area contributed by atoms with Gasteiger partial charge in [-0.15, -0.1) is 0 Å². The Hall–Kier alpha value is -1.62. The predicted molar refractivity (Wildman–Crippen MR) is 85.6 cm³/mol. The molecule has 1 aromatic heterocycles. The monoisotopic (exact) mass is 290 g/mol. The maximum absolute atomic E-state index is 12.1. The van der Waals surface area contributed by atoms with Crippen LogP contribution in [0.4, 0.5) is 5.69 Å². The van der Waals surface area contributed by atoms with Gasteiger partial charge in [-0.25, -0.2) is 0 Å². The highest BCUT2D eigenvalue weighted by molar-refractivity contribution is 5.93. The zero-order chi connectivity index (χ0) is 15.1. The molecule has 0 aromatic carbocycles. The average Bonchev–Trinajstić information content (AvgIpc) is 3.34. The van der Waals surface area contributed by atoms with Crippen LogP contribution in [0.1, 0.15) is 43.6 Å². The van der Waals surface area contributed by atoms with Crippen LogP contribution < -0.4 is 10.6 Å². The first kappa shape index (κ1) is 15.8. The average molecular weight is 290 g/mol. The number of nitrogens with zero attached hydrogens (tertiary/aromatic N) is 2. The van der Waals surface area contributed by atoms with Crippen LogP contribution in [0.3, 0.4) is 0 Å². The molecule has 1 amide bonds. The fourth-order valence-corrected chi connectivity index (χ4v) is 2.38. The van der Waals surface area contributed by atoms with Gasteiger partial charge in [-0.1, -0.05) is 13.8 Å². The van der Waals surface area contributed by atoms with Crippen LogP contribution in [-0.2, 0) is 0 Å². The topological polar surface area (TPSA) is 57.3 Å². The van der Waals surface area contributed by atoms with E-state index in [1.54, 1.807) is 6.20 Å². The Morgan fingerprint density at radius 1 is 1.38 bits per heavy atom. The van der Waals surface area contributed by atoms with Crippen LogP contribution in [0.2, 0.25) is 0 Å². The molecule has 1 aromatic rings. The van der Waals surface area contributed by atoms with Crippen molar-refractivity contribution in [3.63, 3.8) is 0 Å². The van der Waals surface area contributed by atoms with Crippen LogP contribution >= 0.6 is 0 Å². The smallest absolute Gasteiger partial charge is 0.269 e. The largest absolute Gasteiger partial charge is 0.385 e. The van der Waals surface area contributed by atoms with Gasteiger partial charge in [0.2, 0.25) is 0 Å². The quantitative estimate of drug-likeness (QED) is 0.731. The third kappa shape index (κ3) is 5.01. The number of anilines is 1. The van der Waals surface area contributed by atoms with Crippen molar-refractivity contribution in [2.45, 2.75) is 39.2 Å². The summed E-state index contributed by atoms with van der Waals surface area (Å²) in [5, 5.41) is 6.23. The predicted octanol–water partition coefficient (Wildman–Crippen LogP) is 2.12. The van der Waals surface area contributed by atoms with Crippen molar-refractivity contribution in [2.24, 2.45) is 0 Å². The van der Waals surface area contributed by atoms with Crippen molar-refractivity contribution < 1.29 is 4.79 Å². The first-order valence-corrected chi connectivity index (χ1v) is 7.96. The number of aromatic nitrogens is 1. The molecule has 1 fully saturated rings. The van der Waals surface area contributed by atoms with Gasteiger partial charge < -0.3 is 10.6 Å². The highest BCUT2D eigenvalue weighted by Crippen LogP contribution is 2.25. The third-order valence-electron chi connectivity index (χ3n) is 3.73. The van der Waals surface area contributed by atoms with Gasteiger partial charge in [0, 0.05) is 37.6 Å². The summed E-state index contributed by atoms with van der Waals surface area (Å²) in [7, 11) is 0. The number of hydrogen-bond acceptors (Lipinski definition) is 4. The summed E-state index contributed by atoms with van der Waals surface area (Å²) in [6.45, 7) is 7.83. The van der Waals surface area contributed by atoms with E-state index in [9.17, 15) is 4.79 Å². The maximum atomic E-state index is 12.1. The minimum Gasteiger partial charge on any atom is -0.385 e. The molecule has 1 aliphatic rings. The lowest BCUT2D eigenvalue weighted by molar-refractivity contribution is 0.0943. The Kier molecular flexibility index (Phi) is 5.99. The van der Waals surface area contributed by atoms with Gasteiger partial charge in [0.1, 0.15) is 5.69 Å². The number of rotatable bonds is 9. The number of carbonyl (C=O) groups is 1. The van der Waals surface area contributed by atoms with Crippen LogP contribution in [0.25, 0.3) is 0 Å². The number of pyridine rings is 1. The Labute approximate surface area is 127 Å². The zero-order valence-electron chi connectivity index (χ0n) is 13.1. The van der Waals surface area contributed by atoms with Crippen LogP contribution in [0, 0.1) is 0 Å². The zero-order valence-corrected chi connectivity index (χ0v) is 13.1. The molecule has 2 N–H and O–H groups in total. The molecule has 0 saturated heterocycles. The van der Waals surface area contributed by atoms with Gasteiger partial charge in [0.05, 0.1) is 0 Å². The van der Waals surface area contributed by atoms with Crippen LogP contribution in [-0.4, -0.2) is 48.0 Å². The molecule has 0 aliphatic heterocycles. The summed E-state index contributed by atoms with van der Waals surface area (Å²) in [6, 6.07) is 4.44. The Bertz CT molecular complexity index is 459. The molecule has 21 heavy (non-hydrogen) atoms. The molecular weight excluding hydrogens is 264 g/mol. The van der Waals surface area contributed by atoms with E-state index in [-0.39, 0.29) is 5.91 Å². The van der Waals surface area contributed by atoms with Crippen LogP contribution in [0.15, 0.2) is 18.3 Å². The van der Waals surface area contributed by atoms with Crippen LogP contribution in [0.5, 0.6) is 0 Å². The number of amides is 1. The molecule has 0 spiro atoms. The van der Waals surface area contributed by atoms with E-state index in [1.165, 1.54) is 12.8 Å². The molecule has 5 nitrogen and oxygen atoms in total. The SMILES string of the molecule is CCCNc1ccnc(C(=O)NCCN(CC)C2CC2)c1. The van der Waals surface area contributed by atoms with Crippen molar-refractivity contribution >= 4 is 11.6 Å². The van der Waals surface area contributed by atoms with Crippen molar-refractivity contribution in [2.75, 3.05) is 31.5 Å². The number of nitrogens with one attached hydrogen (secondary N) is 2. The van der Waals surface area contributed by atoms with Crippen molar-refractivity contribution in [3.05, 3.63) is 24.0 Å². The molecule has 1 heterocycles. The highest BCUT2D eigenvalue weighted by Gasteiger charge is 2.27. The summed E-state index contributed by atoms with van der Waals surface area (Å²) in [5.41, 5.74) is 1.43. The lowest BCUT2D eigenvalue weighted by atomic mass is 10.3. The molecule has 2 rings (SSSR count). The van der Waals surface area contributed by atoms with E-state index in [2.05, 4.69) is 34.4 Å². The van der Waals surface area contributed by atoms with Gasteiger partial charge in [-0.05, 0) is 37.9 Å². The second kappa shape index (κ2) is 7.98. The van der Waals surface area contributed by atoms with Gasteiger partial charge in [0.25, 0.3) is 5.91 Å². The number of likely N-dealkylation sites (N-methyl/N-ethyl adjacent to an activating group) is 1. The molecule has 5 heteroatoms. The lowest BCUT2D eigenvalue weighted by Crippen LogP contribution is -2.36. The third-order valence-corrected chi connectivity index (χ3v) is 3.73.